The molecule has 88 valence electrons. The highest BCUT2D eigenvalue weighted by Crippen LogP contribution is 2.17. The minimum atomic E-state index is 0.587. The maximum Gasteiger partial charge on any atom is 0.161 e. The van der Waals surface area contributed by atoms with Crippen LogP contribution < -0.4 is 11.1 Å². The van der Waals surface area contributed by atoms with Gasteiger partial charge in [-0.25, -0.2) is 9.97 Å². The number of aryl methyl sites for hydroxylation is 1. The van der Waals surface area contributed by atoms with Gasteiger partial charge < -0.3 is 11.1 Å². The van der Waals surface area contributed by atoms with E-state index in [9.17, 15) is 0 Å². The first-order valence-electron chi connectivity index (χ1n) is 5.63. The molecule has 0 saturated carbocycles. The van der Waals surface area contributed by atoms with E-state index in [1.165, 1.54) is 5.56 Å². The lowest BCUT2D eigenvalue weighted by Crippen LogP contribution is -2.14. The second-order valence-corrected chi connectivity index (χ2v) is 3.85. The minimum Gasteiger partial charge on any atom is -0.369 e. The summed E-state index contributed by atoms with van der Waals surface area (Å²) >= 11 is 0. The Morgan fingerprint density at radius 2 is 2.18 bits per heavy atom. The number of nitrogens with zero attached hydrogens (tertiary/aromatic N) is 2. The Morgan fingerprint density at radius 3 is 2.94 bits per heavy atom. The van der Waals surface area contributed by atoms with Crippen LogP contribution in [0.2, 0.25) is 0 Å². The highest BCUT2D eigenvalue weighted by Gasteiger charge is 2.02. The number of nitrogens with one attached hydrogen (secondary N) is 1. The van der Waals surface area contributed by atoms with E-state index in [1.807, 2.05) is 18.2 Å². The zero-order valence-corrected chi connectivity index (χ0v) is 9.85. The summed E-state index contributed by atoms with van der Waals surface area (Å²) in [5, 5.41) is 3.14. The number of nitrogens with two attached hydrogens (primary N) is 1. The molecule has 0 aliphatic rings. The molecule has 0 atom stereocenters. The highest BCUT2D eigenvalue weighted by molar-refractivity contribution is 5.57. The summed E-state index contributed by atoms with van der Waals surface area (Å²) in [6.45, 7) is 3.36. The van der Waals surface area contributed by atoms with Crippen LogP contribution in [0.3, 0.4) is 0 Å². The smallest absolute Gasteiger partial charge is 0.161 e. The van der Waals surface area contributed by atoms with E-state index in [4.69, 9.17) is 5.73 Å². The van der Waals surface area contributed by atoms with Gasteiger partial charge in [-0.3, -0.25) is 0 Å². The molecule has 17 heavy (non-hydrogen) atoms. The number of anilines is 1. The minimum absolute atomic E-state index is 0.587. The van der Waals surface area contributed by atoms with Crippen molar-refractivity contribution in [1.82, 2.24) is 9.97 Å². The molecular formula is C13H16N4. The molecule has 1 heterocycles. The fraction of sp³-hybridized carbons (Fsp3) is 0.231. The molecule has 0 aliphatic heterocycles. The predicted octanol–water partition coefficient (Wildman–Crippen LogP) is 1.82. The number of rotatable bonds is 4. The van der Waals surface area contributed by atoms with Gasteiger partial charge in [0.2, 0.25) is 0 Å². The van der Waals surface area contributed by atoms with Gasteiger partial charge in [0.1, 0.15) is 5.82 Å². The lowest BCUT2D eigenvalue weighted by Gasteiger charge is -2.06. The van der Waals surface area contributed by atoms with Gasteiger partial charge in [0.15, 0.2) is 5.82 Å². The predicted molar refractivity (Wildman–Crippen MR) is 69.7 cm³/mol. The van der Waals surface area contributed by atoms with E-state index in [0.717, 1.165) is 17.2 Å². The number of hydrogen-bond donors (Lipinski definition) is 2. The van der Waals surface area contributed by atoms with Gasteiger partial charge in [-0.05, 0) is 19.1 Å². The first-order valence-corrected chi connectivity index (χ1v) is 5.63. The van der Waals surface area contributed by atoms with Crippen LogP contribution in [0.25, 0.3) is 11.4 Å². The van der Waals surface area contributed by atoms with Crippen LogP contribution in [0.1, 0.15) is 5.56 Å². The molecule has 0 aliphatic carbocycles. The first-order chi connectivity index (χ1) is 8.29. The van der Waals surface area contributed by atoms with Gasteiger partial charge in [0.25, 0.3) is 0 Å². The van der Waals surface area contributed by atoms with Crippen molar-refractivity contribution >= 4 is 5.82 Å². The summed E-state index contributed by atoms with van der Waals surface area (Å²) in [5.74, 6) is 1.54. The van der Waals surface area contributed by atoms with Crippen LogP contribution in [-0.2, 0) is 0 Å². The van der Waals surface area contributed by atoms with Crippen LogP contribution >= 0.6 is 0 Å². The van der Waals surface area contributed by atoms with E-state index < -0.39 is 0 Å². The zero-order chi connectivity index (χ0) is 12.1. The monoisotopic (exact) mass is 228 g/mol. The molecule has 0 bridgehead atoms. The normalized spacial score (nSPS) is 10.2. The van der Waals surface area contributed by atoms with E-state index in [2.05, 4.69) is 34.3 Å². The molecule has 0 unspecified atom stereocenters. The van der Waals surface area contributed by atoms with Crippen molar-refractivity contribution in [2.45, 2.75) is 6.92 Å². The lowest BCUT2D eigenvalue weighted by atomic mass is 10.1. The molecule has 0 fully saturated rings. The fourth-order valence-electron chi connectivity index (χ4n) is 1.58. The summed E-state index contributed by atoms with van der Waals surface area (Å²) in [7, 11) is 0. The average molecular weight is 228 g/mol. The maximum atomic E-state index is 5.44. The van der Waals surface area contributed by atoms with E-state index >= 15 is 0 Å². The quantitative estimate of drug-likeness (QED) is 0.838. The molecule has 0 amide bonds. The fourth-order valence-corrected chi connectivity index (χ4v) is 1.58. The Hall–Kier alpha value is -1.94. The van der Waals surface area contributed by atoms with Gasteiger partial charge in [-0.1, -0.05) is 23.8 Å². The maximum absolute atomic E-state index is 5.44. The van der Waals surface area contributed by atoms with Gasteiger partial charge in [0, 0.05) is 24.8 Å². The SMILES string of the molecule is Cc1cccc(-c2nccc(NCCN)n2)c1. The van der Waals surface area contributed by atoms with Crippen molar-refractivity contribution in [3.8, 4) is 11.4 Å². The van der Waals surface area contributed by atoms with Gasteiger partial charge in [-0.15, -0.1) is 0 Å². The standard InChI is InChI=1S/C13H16N4/c1-10-3-2-4-11(9-10)13-16-7-5-12(17-13)15-8-6-14/h2-5,7,9H,6,8,14H2,1H3,(H,15,16,17). The Bertz CT molecular complexity index is 496. The highest BCUT2D eigenvalue weighted by atomic mass is 15.0. The van der Waals surface area contributed by atoms with Crippen LogP contribution in [-0.4, -0.2) is 23.1 Å². The second kappa shape index (κ2) is 5.41. The van der Waals surface area contributed by atoms with Crippen LogP contribution in [0.15, 0.2) is 36.5 Å². The summed E-state index contributed by atoms with van der Waals surface area (Å²) in [4.78, 5) is 8.72. The topological polar surface area (TPSA) is 63.8 Å². The Morgan fingerprint density at radius 1 is 1.29 bits per heavy atom. The number of hydrogen-bond acceptors (Lipinski definition) is 4. The molecule has 3 N–H and O–H groups in total. The second-order valence-electron chi connectivity index (χ2n) is 3.85. The van der Waals surface area contributed by atoms with Gasteiger partial charge >= 0.3 is 0 Å². The molecule has 2 aromatic rings. The molecule has 0 radical (unpaired) electrons. The summed E-state index contributed by atoms with van der Waals surface area (Å²) in [5.41, 5.74) is 7.67. The largest absolute Gasteiger partial charge is 0.369 e. The van der Waals surface area contributed by atoms with Crippen molar-refractivity contribution in [2.75, 3.05) is 18.4 Å². The first kappa shape index (κ1) is 11.5. The Balaban J connectivity index is 2.26. The molecular weight excluding hydrogens is 212 g/mol. The third kappa shape index (κ3) is 3.01. The van der Waals surface area contributed by atoms with Gasteiger partial charge in [-0.2, -0.15) is 0 Å². The third-order valence-electron chi connectivity index (χ3n) is 2.38. The number of aromatic nitrogens is 2. The van der Waals surface area contributed by atoms with Crippen molar-refractivity contribution in [1.29, 1.82) is 0 Å². The average Bonchev–Trinajstić information content (AvgIpc) is 2.37. The molecule has 1 aromatic carbocycles. The van der Waals surface area contributed by atoms with Crippen LogP contribution in [0.5, 0.6) is 0 Å². The van der Waals surface area contributed by atoms with Crippen molar-refractivity contribution in [2.24, 2.45) is 5.73 Å². The van der Waals surface area contributed by atoms with Crippen molar-refractivity contribution in [3.63, 3.8) is 0 Å². The summed E-state index contributed by atoms with van der Waals surface area (Å²) < 4.78 is 0. The molecule has 2 rings (SSSR count). The van der Waals surface area contributed by atoms with Crippen LogP contribution in [0, 0.1) is 6.92 Å². The van der Waals surface area contributed by atoms with E-state index in [1.54, 1.807) is 6.20 Å². The summed E-state index contributed by atoms with van der Waals surface area (Å²) in [6.07, 6.45) is 1.75. The Labute approximate surface area is 101 Å². The van der Waals surface area contributed by atoms with Crippen molar-refractivity contribution in [3.05, 3.63) is 42.1 Å². The zero-order valence-electron chi connectivity index (χ0n) is 9.85. The molecule has 0 spiro atoms. The molecule has 4 nitrogen and oxygen atoms in total. The Kier molecular flexibility index (Phi) is 3.67. The molecule has 4 heteroatoms. The summed E-state index contributed by atoms with van der Waals surface area (Å²) in [6, 6.07) is 9.99. The lowest BCUT2D eigenvalue weighted by molar-refractivity contribution is 1.01. The third-order valence-corrected chi connectivity index (χ3v) is 2.38. The van der Waals surface area contributed by atoms with Gasteiger partial charge in [0.05, 0.1) is 0 Å². The van der Waals surface area contributed by atoms with Crippen molar-refractivity contribution < 1.29 is 0 Å². The molecule has 1 aromatic heterocycles. The van der Waals surface area contributed by atoms with E-state index in [0.29, 0.717) is 13.1 Å². The van der Waals surface area contributed by atoms with E-state index in [-0.39, 0.29) is 0 Å². The van der Waals surface area contributed by atoms with Crippen LogP contribution in [0.4, 0.5) is 5.82 Å². The molecule has 0 saturated heterocycles. The number of benzene rings is 1.